The van der Waals surface area contributed by atoms with E-state index in [9.17, 15) is 4.79 Å². The van der Waals surface area contributed by atoms with Crippen molar-refractivity contribution in [3.8, 4) is 0 Å². The first kappa shape index (κ1) is 17.7. The molecular formula is C20H25N5O2. The fourth-order valence-electron chi connectivity index (χ4n) is 3.71. The minimum atomic E-state index is -0.180. The molecule has 1 amide bonds. The van der Waals surface area contributed by atoms with Crippen molar-refractivity contribution in [2.24, 2.45) is 0 Å². The van der Waals surface area contributed by atoms with Gasteiger partial charge in [-0.2, -0.15) is 4.98 Å². The van der Waals surface area contributed by atoms with E-state index in [2.05, 4.69) is 15.1 Å². The Balaban J connectivity index is 1.73. The van der Waals surface area contributed by atoms with Gasteiger partial charge in [0.15, 0.2) is 5.82 Å². The van der Waals surface area contributed by atoms with E-state index >= 15 is 0 Å². The van der Waals surface area contributed by atoms with Crippen LogP contribution in [0.3, 0.4) is 0 Å². The third-order valence-electron chi connectivity index (χ3n) is 5.17. The maximum Gasteiger partial charge on any atom is 0.273 e. The highest BCUT2D eigenvalue weighted by Crippen LogP contribution is 2.32. The molecule has 27 heavy (non-hydrogen) atoms. The molecule has 4 rings (SSSR count). The predicted molar refractivity (Wildman–Crippen MR) is 101 cm³/mol. The van der Waals surface area contributed by atoms with Crippen molar-refractivity contribution in [1.29, 1.82) is 0 Å². The summed E-state index contributed by atoms with van der Waals surface area (Å²) in [5.74, 6) is 1.39. The van der Waals surface area contributed by atoms with Crippen LogP contribution in [0.1, 0.15) is 78.5 Å². The van der Waals surface area contributed by atoms with Crippen LogP contribution in [0.5, 0.6) is 0 Å². The van der Waals surface area contributed by atoms with Crippen LogP contribution in [0, 0.1) is 13.8 Å². The Morgan fingerprint density at radius 1 is 1.22 bits per heavy atom. The van der Waals surface area contributed by atoms with Gasteiger partial charge in [-0.1, -0.05) is 25.1 Å². The molecule has 0 spiro atoms. The van der Waals surface area contributed by atoms with Gasteiger partial charge in [0.2, 0.25) is 5.89 Å². The van der Waals surface area contributed by atoms with Crippen molar-refractivity contribution >= 4 is 11.6 Å². The van der Waals surface area contributed by atoms with Gasteiger partial charge in [-0.3, -0.25) is 9.20 Å². The molecule has 0 N–H and O–H groups in total. The van der Waals surface area contributed by atoms with Crippen LogP contribution in [-0.2, 0) is 0 Å². The van der Waals surface area contributed by atoms with Gasteiger partial charge in [-0.05, 0) is 44.7 Å². The molecule has 1 aliphatic heterocycles. The van der Waals surface area contributed by atoms with Crippen LogP contribution in [-0.4, -0.2) is 36.9 Å². The predicted octanol–water partition coefficient (Wildman–Crippen LogP) is 3.82. The van der Waals surface area contributed by atoms with Crippen LogP contribution in [0.15, 0.2) is 22.9 Å². The number of aryl methyl sites for hydroxylation is 2. The topological polar surface area (TPSA) is 76.5 Å². The molecule has 0 radical (unpaired) electrons. The molecule has 0 saturated carbocycles. The maximum atomic E-state index is 13.5. The average molecular weight is 367 g/mol. The van der Waals surface area contributed by atoms with Crippen molar-refractivity contribution in [3.05, 3.63) is 47.0 Å². The van der Waals surface area contributed by atoms with E-state index in [-0.39, 0.29) is 17.9 Å². The first-order valence-corrected chi connectivity index (χ1v) is 9.55. The van der Waals surface area contributed by atoms with Crippen LogP contribution >= 0.6 is 0 Å². The third-order valence-corrected chi connectivity index (χ3v) is 5.17. The maximum absolute atomic E-state index is 13.5. The van der Waals surface area contributed by atoms with Crippen LogP contribution in [0.4, 0.5) is 0 Å². The molecule has 1 saturated heterocycles. The number of hydrogen-bond donors (Lipinski definition) is 0. The highest BCUT2D eigenvalue weighted by atomic mass is 16.5. The van der Waals surface area contributed by atoms with Gasteiger partial charge in [0.1, 0.15) is 17.4 Å². The second-order valence-corrected chi connectivity index (χ2v) is 7.64. The second-order valence-electron chi connectivity index (χ2n) is 7.64. The first-order valence-electron chi connectivity index (χ1n) is 9.55. The summed E-state index contributed by atoms with van der Waals surface area (Å²) in [6, 6.07) is 3.77. The van der Waals surface area contributed by atoms with Gasteiger partial charge >= 0.3 is 0 Å². The van der Waals surface area contributed by atoms with E-state index in [1.807, 2.05) is 55.3 Å². The summed E-state index contributed by atoms with van der Waals surface area (Å²) < 4.78 is 7.42. The monoisotopic (exact) mass is 367 g/mol. The highest BCUT2D eigenvalue weighted by molar-refractivity contribution is 5.95. The molecule has 142 valence electrons. The van der Waals surface area contributed by atoms with Crippen molar-refractivity contribution < 1.29 is 9.32 Å². The summed E-state index contributed by atoms with van der Waals surface area (Å²) in [7, 11) is 0. The Morgan fingerprint density at radius 2 is 2.04 bits per heavy atom. The molecule has 0 bridgehead atoms. The Hall–Kier alpha value is -2.70. The second kappa shape index (κ2) is 6.79. The first-order chi connectivity index (χ1) is 13.0. The summed E-state index contributed by atoms with van der Waals surface area (Å²) in [6.45, 7) is 8.64. The number of carbonyl (C=O) groups excluding carboxylic acids is 1. The number of amides is 1. The summed E-state index contributed by atoms with van der Waals surface area (Å²) in [6.07, 6.45) is 4.81. The van der Waals surface area contributed by atoms with Gasteiger partial charge in [0, 0.05) is 18.7 Å². The number of hydrogen-bond acceptors (Lipinski definition) is 5. The normalized spacial score (nSPS) is 17.8. The van der Waals surface area contributed by atoms with E-state index < -0.39 is 0 Å². The molecule has 1 atom stereocenters. The summed E-state index contributed by atoms with van der Waals surface area (Å²) in [5.41, 5.74) is 3.23. The van der Waals surface area contributed by atoms with E-state index in [1.165, 1.54) is 0 Å². The lowest BCUT2D eigenvalue weighted by Crippen LogP contribution is -2.39. The number of likely N-dealkylation sites (tertiary alicyclic amines) is 1. The van der Waals surface area contributed by atoms with Gasteiger partial charge in [0.25, 0.3) is 5.91 Å². The van der Waals surface area contributed by atoms with Crippen LogP contribution in [0.25, 0.3) is 5.65 Å². The van der Waals surface area contributed by atoms with Gasteiger partial charge < -0.3 is 9.42 Å². The number of aromatic nitrogens is 4. The molecule has 7 nitrogen and oxygen atoms in total. The van der Waals surface area contributed by atoms with E-state index in [0.717, 1.165) is 36.2 Å². The lowest BCUT2D eigenvalue weighted by atomic mass is 10.0. The minimum absolute atomic E-state index is 0.0282. The summed E-state index contributed by atoms with van der Waals surface area (Å²) >= 11 is 0. The molecule has 1 fully saturated rings. The molecule has 4 heterocycles. The molecule has 3 aromatic heterocycles. The molecule has 7 heteroatoms. The zero-order valence-corrected chi connectivity index (χ0v) is 16.3. The Bertz CT molecular complexity index is 988. The number of imidazole rings is 1. The number of nitrogens with zero attached hydrogens (tertiary/aromatic N) is 5. The number of rotatable bonds is 3. The summed E-state index contributed by atoms with van der Waals surface area (Å²) in [5, 5.41) is 4.08. The van der Waals surface area contributed by atoms with Crippen molar-refractivity contribution in [1.82, 2.24) is 24.4 Å². The van der Waals surface area contributed by atoms with Crippen molar-refractivity contribution in [2.75, 3.05) is 6.54 Å². The molecule has 1 aliphatic rings. The van der Waals surface area contributed by atoms with E-state index in [4.69, 9.17) is 4.52 Å². The quantitative estimate of drug-likeness (QED) is 0.703. The lowest BCUT2D eigenvalue weighted by molar-refractivity contribution is 0.0553. The average Bonchev–Trinajstić information content (AvgIpc) is 3.25. The fourth-order valence-corrected chi connectivity index (χ4v) is 3.71. The number of pyridine rings is 1. The number of fused-ring (bicyclic) bond motifs is 1. The lowest BCUT2D eigenvalue weighted by Gasteiger charge is -2.33. The smallest absolute Gasteiger partial charge is 0.273 e. The molecule has 0 unspecified atom stereocenters. The van der Waals surface area contributed by atoms with Crippen LogP contribution < -0.4 is 0 Å². The summed E-state index contributed by atoms with van der Waals surface area (Å²) in [4.78, 5) is 24.5. The molecular weight excluding hydrogens is 342 g/mol. The van der Waals surface area contributed by atoms with Crippen LogP contribution in [0.2, 0.25) is 0 Å². The Morgan fingerprint density at radius 3 is 2.78 bits per heavy atom. The number of piperidine rings is 1. The van der Waals surface area contributed by atoms with E-state index in [0.29, 0.717) is 24.0 Å². The Labute approximate surface area is 158 Å². The van der Waals surface area contributed by atoms with Crippen molar-refractivity contribution in [2.45, 2.75) is 58.9 Å². The standard InChI is InChI=1S/C20H25N5O2/c1-12(2)18-22-19(27-23-18)15-7-5-6-10-24(15)20(26)17-14(4)21-16-9-8-13(3)11-25(16)17/h8-9,11-12,15H,5-7,10H2,1-4H3/t15-/m0/s1. The minimum Gasteiger partial charge on any atom is -0.337 e. The SMILES string of the molecule is Cc1ccc2nc(C)c(C(=O)N3CCCC[C@H]3c3nc(C(C)C)no3)n2c1. The molecule has 0 aromatic carbocycles. The molecule has 3 aromatic rings. The highest BCUT2D eigenvalue weighted by Gasteiger charge is 2.34. The third kappa shape index (κ3) is 3.11. The zero-order valence-electron chi connectivity index (χ0n) is 16.3. The fraction of sp³-hybridized carbons (Fsp3) is 0.500. The largest absolute Gasteiger partial charge is 0.337 e. The van der Waals surface area contributed by atoms with Gasteiger partial charge in [-0.15, -0.1) is 0 Å². The van der Waals surface area contributed by atoms with Gasteiger partial charge in [-0.25, -0.2) is 4.98 Å². The Kier molecular flexibility index (Phi) is 4.45. The van der Waals surface area contributed by atoms with Crippen molar-refractivity contribution in [3.63, 3.8) is 0 Å². The zero-order chi connectivity index (χ0) is 19.1. The van der Waals surface area contributed by atoms with Gasteiger partial charge in [0.05, 0.1) is 5.69 Å². The number of carbonyl (C=O) groups is 1. The van der Waals surface area contributed by atoms with E-state index in [1.54, 1.807) is 0 Å². The molecule has 0 aliphatic carbocycles.